The van der Waals surface area contributed by atoms with E-state index in [-0.39, 0.29) is 18.9 Å². The Hall–Kier alpha value is -3.35. The number of hydrogen-bond acceptors (Lipinski definition) is 4. The molecule has 0 heterocycles. The maximum absolute atomic E-state index is 12.6. The van der Waals surface area contributed by atoms with Crippen LogP contribution in [0, 0.1) is 0 Å². The molecule has 4 rings (SSSR count). The lowest BCUT2D eigenvalue weighted by atomic mass is 9.93. The van der Waals surface area contributed by atoms with Gasteiger partial charge in [-0.3, -0.25) is 9.59 Å². The summed E-state index contributed by atoms with van der Waals surface area (Å²) in [7, 11) is 0. The van der Waals surface area contributed by atoms with E-state index in [1.807, 2.05) is 36.4 Å². The topological polar surface area (TPSA) is 105 Å². The molecule has 0 radical (unpaired) electrons. The van der Waals surface area contributed by atoms with Crippen molar-refractivity contribution in [2.75, 3.05) is 6.61 Å². The highest BCUT2D eigenvalue weighted by molar-refractivity contribution is 5.86. The minimum Gasteiger partial charge on any atom is -0.481 e. The van der Waals surface area contributed by atoms with Gasteiger partial charge in [-0.15, -0.1) is 0 Å². The molecule has 0 aliphatic heterocycles. The minimum absolute atomic E-state index is 0.0605. The van der Waals surface area contributed by atoms with Gasteiger partial charge in [0.1, 0.15) is 12.6 Å². The van der Waals surface area contributed by atoms with E-state index in [0.29, 0.717) is 12.8 Å². The molecule has 2 aromatic rings. The molecule has 2 aromatic carbocycles. The van der Waals surface area contributed by atoms with Crippen LogP contribution in [-0.4, -0.2) is 41.3 Å². The Morgan fingerprint density at radius 3 is 2.16 bits per heavy atom. The number of carboxylic acids is 1. The van der Waals surface area contributed by atoms with E-state index in [9.17, 15) is 19.5 Å². The fraction of sp³-hybridized carbons (Fsp3) is 0.400. The molecule has 3 N–H and O–H groups in total. The Morgan fingerprint density at radius 1 is 1.03 bits per heavy atom. The summed E-state index contributed by atoms with van der Waals surface area (Å²) in [4.78, 5) is 36.3. The van der Waals surface area contributed by atoms with Crippen LogP contribution in [0.15, 0.2) is 48.5 Å². The van der Waals surface area contributed by atoms with Gasteiger partial charge in [0, 0.05) is 5.92 Å². The van der Waals surface area contributed by atoms with Crippen molar-refractivity contribution in [2.24, 2.45) is 0 Å². The van der Waals surface area contributed by atoms with Crippen molar-refractivity contribution in [3.63, 3.8) is 0 Å². The summed E-state index contributed by atoms with van der Waals surface area (Å²) in [6, 6.07) is 15.3. The van der Waals surface area contributed by atoms with Gasteiger partial charge in [-0.2, -0.15) is 0 Å². The average Bonchev–Trinajstić information content (AvgIpc) is 3.34. The predicted molar refractivity (Wildman–Crippen MR) is 119 cm³/mol. The quantitative estimate of drug-likeness (QED) is 0.612. The number of alkyl carbamates (subject to hydrolysis) is 1. The number of carboxylic acid groups (broad SMARTS) is 1. The first-order valence-electron chi connectivity index (χ1n) is 11.0. The average molecular weight is 437 g/mol. The Kier molecular flexibility index (Phi) is 6.17. The Labute approximate surface area is 187 Å². The summed E-state index contributed by atoms with van der Waals surface area (Å²) in [6.45, 7) is 1.73. The van der Waals surface area contributed by atoms with Crippen molar-refractivity contribution in [2.45, 2.75) is 56.5 Å². The van der Waals surface area contributed by atoms with Crippen LogP contribution < -0.4 is 10.6 Å². The molecule has 7 heteroatoms. The van der Waals surface area contributed by atoms with Crippen LogP contribution in [0.5, 0.6) is 0 Å². The lowest BCUT2D eigenvalue weighted by Crippen LogP contribution is -2.54. The van der Waals surface area contributed by atoms with Crippen LogP contribution >= 0.6 is 0 Å². The molecule has 0 unspecified atom stereocenters. The third kappa shape index (κ3) is 4.47. The molecule has 0 bridgehead atoms. The lowest BCUT2D eigenvalue weighted by Gasteiger charge is -2.30. The van der Waals surface area contributed by atoms with E-state index >= 15 is 0 Å². The van der Waals surface area contributed by atoms with Gasteiger partial charge in [0.2, 0.25) is 5.91 Å². The summed E-state index contributed by atoms with van der Waals surface area (Å²) < 4.78 is 5.50. The summed E-state index contributed by atoms with van der Waals surface area (Å²) in [6.07, 6.45) is 2.22. The third-order valence-corrected chi connectivity index (χ3v) is 6.51. The van der Waals surface area contributed by atoms with Crippen molar-refractivity contribution >= 4 is 18.0 Å². The lowest BCUT2D eigenvalue weighted by molar-refractivity contribution is -0.139. The van der Waals surface area contributed by atoms with Crippen LogP contribution in [0.3, 0.4) is 0 Å². The van der Waals surface area contributed by atoms with Gasteiger partial charge < -0.3 is 20.5 Å². The first-order chi connectivity index (χ1) is 15.4. The van der Waals surface area contributed by atoms with E-state index in [2.05, 4.69) is 22.8 Å². The maximum atomic E-state index is 12.6. The number of carbonyl (C=O) groups is 3. The summed E-state index contributed by atoms with van der Waals surface area (Å²) in [5.74, 6) is -1.40. The van der Waals surface area contributed by atoms with Gasteiger partial charge in [0.25, 0.3) is 0 Å². The van der Waals surface area contributed by atoms with E-state index in [1.165, 1.54) is 0 Å². The molecule has 0 spiro atoms. The number of hydrogen-bond donors (Lipinski definition) is 3. The van der Waals surface area contributed by atoms with Gasteiger partial charge in [0.15, 0.2) is 0 Å². The van der Waals surface area contributed by atoms with E-state index in [0.717, 1.165) is 35.1 Å². The zero-order valence-corrected chi connectivity index (χ0v) is 18.1. The fourth-order valence-corrected chi connectivity index (χ4v) is 4.94. The number of ether oxygens (including phenoxy) is 1. The molecule has 168 valence electrons. The highest BCUT2D eigenvalue weighted by atomic mass is 16.5. The number of aliphatic carboxylic acids is 1. The van der Waals surface area contributed by atoms with Crippen molar-refractivity contribution in [1.29, 1.82) is 0 Å². The van der Waals surface area contributed by atoms with Crippen LogP contribution in [0.2, 0.25) is 0 Å². The Morgan fingerprint density at radius 2 is 1.59 bits per heavy atom. The molecule has 1 saturated carbocycles. The zero-order valence-electron chi connectivity index (χ0n) is 18.1. The molecule has 2 amide bonds. The highest BCUT2D eigenvalue weighted by Crippen LogP contribution is 2.44. The summed E-state index contributed by atoms with van der Waals surface area (Å²) in [5, 5.41) is 14.6. The standard InChI is InChI=1S/C25H28N2O5/c1-16(23(30)27-25(14-22(28)29)12-6-7-13-25)26-24(31)32-15-21-19-10-4-2-8-17(19)18-9-3-5-11-20(18)21/h2-5,8-11,16,21H,6-7,12-15H2,1H3,(H,26,31)(H,27,30)(H,28,29)/t16-/m1/s1. The normalized spacial score (nSPS) is 17.2. The van der Waals surface area contributed by atoms with Crippen LogP contribution in [0.1, 0.15) is 56.1 Å². The van der Waals surface area contributed by atoms with Gasteiger partial charge in [0.05, 0.1) is 12.0 Å². The number of benzene rings is 2. The van der Waals surface area contributed by atoms with Crippen LogP contribution in [0.4, 0.5) is 4.79 Å². The van der Waals surface area contributed by atoms with E-state index in [1.54, 1.807) is 6.92 Å². The molecular weight excluding hydrogens is 408 g/mol. The molecule has 0 aromatic heterocycles. The minimum atomic E-state index is -0.940. The van der Waals surface area contributed by atoms with Crippen LogP contribution in [0.25, 0.3) is 11.1 Å². The molecule has 7 nitrogen and oxygen atoms in total. The number of rotatable bonds is 7. The molecule has 1 atom stereocenters. The number of fused-ring (bicyclic) bond motifs is 3. The molecule has 1 fully saturated rings. The predicted octanol–water partition coefficient (Wildman–Crippen LogP) is 3.82. The van der Waals surface area contributed by atoms with Crippen LogP contribution in [-0.2, 0) is 14.3 Å². The van der Waals surface area contributed by atoms with Gasteiger partial charge in [-0.25, -0.2) is 4.79 Å². The number of amides is 2. The second kappa shape index (κ2) is 9.02. The summed E-state index contributed by atoms with van der Waals surface area (Å²) in [5.41, 5.74) is 3.78. The fourth-order valence-electron chi connectivity index (χ4n) is 4.94. The monoisotopic (exact) mass is 436 g/mol. The molecule has 0 saturated heterocycles. The largest absolute Gasteiger partial charge is 0.481 e. The first-order valence-corrected chi connectivity index (χ1v) is 11.0. The highest BCUT2D eigenvalue weighted by Gasteiger charge is 2.38. The second-order valence-electron chi connectivity index (χ2n) is 8.74. The molecule has 2 aliphatic rings. The van der Waals surface area contributed by atoms with E-state index < -0.39 is 29.6 Å². The molecule has 32 heavy (non-hydrogen) atoms. The van der Waals surface area contributed by atoms with Gasteiger partial charge in [-0.05, 0) is 42.0 Å². The second-order valence-corrected chi connectivity index (χ2v) is 8.74. The van der Waals surface area contributed by atoms with E-state index in [4.69, 9.17) is 4.74 Å². The van der Waals surface area contributed by atoms with Crippen molar-refractivity contribution in [1.82, 2.24) is 10.6 Å². The zero-order chi connectivity index (χ0) is 22.7. The summed E-state index contributed by atoms with van der Waals surface area (Å²) >= 11 is 0. The first kappa shape index (κ1) is 21.9. The van der Waals surface area contributed by atoms with Crippen molar-refractivity contribution < 1.29 is 24.2 Å². The number of nitrogens with one attached hydrogen (secondary N) is 2. The number of carbonyl (C=O) groups excluding carboxylic acids is 2. The Bertz CT molecular complexity index is 983. The SMILES string of the molecule is C[C@@H](NC(=O)OCC1c2ccccc2-c2ccccc21)C(=O)NC1(CC(=O)O)CCCC1. The molecular formula is C25H28N2O5. The maximum Gasteiger partial charge on any atom is 0.407 e. The smallest absolute Gasteiger partial charge is 0.407 e. The third-order valence-electron chi connectivity index (χ3n) is 6.51. The van der Waals surface area contributed by atoms with Gasteiger partial charge in [-0.1, -0.05) is 61.4 Å². The Balaban J connectivity index is 1.35. The van der Waals surface area contributed by atoms with Gasteiger partial charge >= 0.3 is 12.1 Å². The molecule has 2 aliphatic carbocycles. The van der Waals surface area contributed by atoms with Crippen molar-refractivity contribution in [3.05, 3.63) is 59.7 Å². The van der Waals surface area contributed by atoms with Crippen molar-refractivity contribution in [3.8, 4) is 11.1 Å².